The minimum Gasteiger partial charge on any atom is -0.475 e. The quantitative estimate of drug-likeness (QED) is 0.681. The molecule has 0 unspecified atom stereocenters. The largest absolute Gasteiger partial charge is 0.490 e. The molecule has 10 heteroatoms. The number of anilines is 1. The summed E-state index contributed by atoms with van der Waals surface area (Å²) in [4.78, 5) is 33.8. The maximum atomic E-state index is 12.0. The second kappa shape index (κ2) is 10.1. The van der Waals surface area contributed by atoms with E-state index in [1.807, 2.05) is 26.1 Å². The Morgan fingerprint density at radius 2 is 1.81 bits per heavy atom. The van der Waals surface area contributed by atoms with Gasteiger partial charge >= 0.3 is 18.2 Å². The van der Waals surface area contributed by atoms with Gasteiger partial charge in [-0.1, -0.05) is 24.3 Å². The van der Waals surface area contributed by atoms with E-state index < -0.39 is 12.1 Å². The molecule has 3 N–H and O–H groups in total. The Kier molecular flexibility index (Phi) is 7.76. The standard InChI is InChI=1S/C19H21N3O2.C2HF3O2/c1-13-10-16(15-5-3-4-14(11-15)12-20-2)6-7-17(13)22-9-8-18(23)21-19(22)24;3-2(4,5)1(6)7/h3-7,10-11,20H,8-9,12H2,1-2H3,(H,21,23,24);(H,6,7). The Morgan fingerprint density at radius 3 is 2.35 bits per heavy atom. The van der Waals surface area contributed by atoms with E-state index in [4.69, 9.17) is 9.90 Å². The molecule has 0 bridgehead atoms. The van der Waals surface area contributed by atoms with E-state index in [1.54, 1.807) is 4.90 Å². The molecule has 1 saturated heterocycles. The first kappa shape index (κ1) is 23.9. The van der Waals surface area contributed by atoms with Gasteiger partial charge in [-0.05, 0) is 54.4 Å². The number of carboxylic acids is 1. The van der Waals surface area contributed by atoms with Crippen LogP contribution >= 0.6 is 0 Å². The third kappa shape index (κ3) is 6.54. The van der Waals surface area contributed by atoms with E-state index in [0.717, 1.165) is 28.9 Å². The lowest BCUT2D eigenvalue weighted by Crippen LogP contribution is -2.49. The molecule has 2 aromatic rings. The number of aryl methyl sites for hydroxylation is 1. The normalized spacial score (nSPS) is 13.9. The van der Waals surface area contributed by atoms with Gasteiger partial charge in [-0.15, -0.1) is 0 Å². The first-order valence-electron chi connectivity index (χ1n) is 9.29. The number of nitrogens with one attached hydrogen (secondary N) is 2. The Balaban J connectivity index is 0.000000423. The molecular weight excluding hydrogens is 415 g/mol. The van der Waals surface area contributed by atoms with E-state index in [9.17, 15) is 22.8 Å². The third-order valence-corrected chi connectivity index (χ3v) is 4.43. The van der Waals surface area contributed by atoms with Crippen molar-refractivity contribution in [1.29, 1.82) is 0 Å². The number of halogens is 3. The van der Waals surface area contributed by atoms with E-state index >= 15 is 0 Å². The van der Waals surface area contributed by atoms with Crippen LogP contribution in [0.25, 0.3) is 11.1 Å². The van der Waals surface area contributed by atoms with Crippen molar-refractivity contribution in [2.45, 2.75) is 26.1 Å². The fourth-order valence-electron chi connectivity index (χ4n) is 3.00. The summed E-state index contributed by atoms with van der Waals surface area (Å²) in [6, 6.07) is 14.1. The molecule has 166 valence electrons. The Morgan fingerprint density at radius 1 is 1.16 bits per heavy atom. The van der Waals surface area contributed by atoms with Crippen molar-refractivity contribution in [3.05, 3.63) is 53.6 Å². The van der Waals surface area contributed by atoms with E-state index in [-0.39, 0.29) is 11.9 Å². The lowest BCUT2D eigenvalue weighted by atomic mass is 10.00. The number of imide groups is 1. The lowest BCUT2D eigenvalue weighted by molar-refractivity contribution is -0.192. The van der Waals surface area contributed by atoms with Gasteiger partial charge < -0.3 is 10.4 Å². The molecule has 1 aliphatic rings. The van der Waals surface area contributed by atoms with Crippen LogP contribution in [-0.4, -0.2) is 42.8 Å². The summed E-state index contributed by atoms with van der Waals surface area (Å²) in [5, 5.41) is 12.6. The van der Waals surface area contributed by atoms with Crippen molar-refractivity contribution < 1.29 is 32.7 Å². The molecule has 1 heterocycles. The second-order valence-corrected chi connectivity index (χ2v) is 6.79. The maximum Gasteiger partial charge on any atom is 0.490 e. The highest BCUT2D eigenvalue weighted by Gasteiger charge is 2.38. The first-order valence-corrected chi connectivity index (χ1v) is 9.29. The second-order valence-electron chi connectivity index (χ2n) is 6.79. The van der Waals surface area contributed by atoms with E-state index in [2.05, 4.69) is 41.0 Å². The Bertz CT molecular complexity index is 977. The molecule has 3 rings (SSSR count). The monoisotopic (exact) mass is 437 g/mol. The molecular formula is C21H22F3N3O4. The van der Waals surface area contributed by atoms with Crippen molar-refractivity contribution in [3.63, 3.8) is 0 Å². The summed E-state index contributed by atoms with van der Waals surface area (Å²) in [5.41, 5.74) is 5.34. The zero-order valence-corrected chi connectivity index (χ0v) is 16.9. The van der Waals surface area contributed by atoms with Gasteiger partial charge in [0, 0.05) is 25.2 Å². The van der Waals surface area contributed by atoms with E-state index in [0.29, 0.717) is 13.0 Å². The van der Waals surface area contributed by atoms with Crippen LogP contribution in [0.2, 0.25) is 0 Å². The van der Waals surface area contributed by atoms with Gasteiger partial charge in [0.1, 0.15) is 0 Å². The number of carboxylic acid groups (broad SMARTS) is 1. The van der Waals surface area contributed by atoms with Gasteiger partial charge in [0.05, 0.1) is 0 Å². The van der Waals surface area contributed by atoms with Crippen molar-refractivity contribution in [1.82, 2.24) is 10.6 Å². The van der Waals surface area contributed by atoms with Crippen LogP contribution in [0, 0.1) is 6.92 Å². The smallest absolute Gasteiger partial charge is 0.475 e. The van der Waals surface area contributed by atoms with Crippen LogP contribution in [0.1, 0.15) is 17.5 Å². The van der Waals surface area contributed by atoms with Crippen molar-refractivity contribution in [2.75, 3.05) is 18.5 Å². The number of benzene rings is 2. The highest BCUT2D eigenvalue weighted by atomic mass is 19.4. The summed E-state index contributed by atoms with van der Waals surface area (Å²) in [5.74, 6) is -2.97. The summed E-state index contributed by atoms with van der Waals surface area (Å²) in [6.45, 7) is 3.23. The summed E-state index contributed by atoms with van der Waals surface area (Å²) >= 11 is 0. The van der Waals surface area contributed by atoms with Crippen LogP contribution in [0.5, 0.6) is 0 Å². The van der Waals surface area contributed by atoms with Gasteiger partial charge in [-0.25, -0.2) is 9.59 Å². The van der Waals surface area contributed by atoms with Crippen molar-refractivity contribution >= 4 is 23.6 Å². The number of urea groups is 1. The fraction of sp³-hybridized carbons (Fsp3) is 0.286. The summed E-state index contributed by atoms with van der Waals surface area (Å²) < 4.78 is 31.7. The van der Waals surface area contributed by atoms with E-state index in [1.165, 1.54) is 5.56 Å². The number of rotatable bonds is 4. The molecule has 2 aromatic carbocycles. The number of hydrogen-bond donors (Lipinski definition) is 3. The zero-order valence-electron chi connectivity index (χ0n) is 16.9. The maximum absolute atomic E-state index is 12.0. The molecule has 0 aliphatic carbocycles. The Labute approximate surface area is 176 Å². The highest BCUT2D eigenvalue weighted by molar-refractivity contribution is 6.06. The fourth-order valence-corrected chi connectivity index (χ4v) is 3.00. The molecule has 1 aliphatic heterocycles. The topological polar surface area (TPSA) is 98.7 Å². The molecule has 7 nitrogen and oxygen atoms in total. The predicted octanol–water partition coefficient (Wildman–Crippen LogP) is 3.46. The minimum absolute atomic E-state index is 0.216. The van der Waals surface area contributed by atoms with Gasteiger partial charge in [0.2, 0.25) is 5.91 Å². The van der Waals surface area contributed by atoms with Crippen LogP contribution in [0.3, 0.4) is 0 Å². The molecule has 0 radical (unpaired) electrons. The Hall–Kier alpha value is -3.40. The zero-order chi connectivity index (χ0) is 23.2. The molecule has 3 amide bonds. The molecule has 31 heavy (non-hydrogen) atoms. The SMILES string of the molecule is CNCc1cccc(-c2ccc(N3CCC(=O)NC3=O)c(C)c2)c1.O=C(O)C(F)(F)F. The number of hydrogen-bond acceptors (Lipinski definition) is 4. The number of amides is 3. The molecule has 0 aromatic heterocycles. The summed E-state index contributed by atoms with van der Waals surface area (Å²) in [6.07, 6.45) is -4.75. The highest BCUT2D eigenvalue weighted by Crippen LogP contribution is 2.28. The average molecular weight is 437 g/mol. The van der Waals surface area contributed by atoms with Crippen molar-refractivity contribution in [3.8, 4) is 11.1 Å². The number of nitrogens with zero attached hydrogens (tertiary/aromatic N) is 1. The summed E-state index contributed by atoms with van der Waals surface area (Å²) in [7, 11) is 1.93. The molecule has 0 spiro atoms. The lowest BCUT2D eigenvalue weighted by Gasteiger charge is -2.28. The third-order valence-electron chi connectivity index (χ3n) is 4.43. The minimum atomic E-state index is -5.08. The molecule has 1 fully saturated rings. The van der Waals surface area contributed by atoms with Gasteiger partial charge in [0.15, 0.2) is 0 Å². The number of carbonyl (C=O) groups excluding carboxylic acids is 2. The van der Waals surface area contributed by atoms with Crippen LogP contribution in [0.15, 0.2) is 42.5 Å². The van der Waals surface area contributed by atoms with Gasteiger partial charge in [-0.2, -0.15) is 13.2 Å². The van der Waals surface area contributed by atoms with Crippen molar-refractivity contribution in [2.24, 2.45) is 0 Å². The number of alkyl halides is 3. The first-order chi connectivity index (χ1) is 14.5. The predicted molar refractivity (Wildman–Crippen MR) is 109 cm³/mol. The van der Waals surface area contributed by atoms with Gasteiger partial charge in [-0.3, -0.25) is 15.0 Å². The van der Waals surface area contributed by atoms with Crippen LogP contribution < -0.4 is 15.5 Å². The van der Waals surface area contributed by atoms with Crippen LogP contribution in [-0.2, 0) is 16.1 Å². The molecule has 0 atom stereocenters. The number of carbonyl (C=O) groups is 3. The number of aliphatic carboxylic acids is 1. The average Bonchev–Trinajstić information content (AvgIpc) is 2.69. The van der Waals surface area contributed by atoms with Crippen LogP contribution in [0.4, 0.5) is 23.7 Å². The molecule has 0 saturated carbocycles. The van der Waals surface area contributed by atoms with Gasteiger partial charge in [0.25, 0.3) is 0 Å².